The van der Waals surface area contributed by atoms with Gasteiger partial charge in [-0.2, -0.15) is 13.2 Å². The molecule has 1 aromatic heterocycles. The van der Waals surface area contributed by atoms with Crippen LogP contribution in [0.5, 0.6) is 0 Å². The summed E-state index contributed by atoms with van der Waals surface area (Å²) in [5.74, 6) is -0.964. The van der Waals surface area contributed by atoms with Gasteiger partial charge in [0.2, 0.25) is 5.91 Å². The first-order chi connectivity index (χ1) is 13.7. The van der Waals surface area contributed by atoms with Gasteiger partial charge in [0.15, 0.2) is 0 Å². The molecule has 8 heteroatoms. The van der Waals surface area contributed by atoms with Crippen LogP contribution in [-0.4, -0.2) is 41.6 Å². The lowest BCUT2D eigenvalue weighted by atomic mass is 9.61. The van der Waals surface area contributed by atoms with Gasteiger partial charge in [0.1, 0.15) is 5.82 Å². The molecule has 1 unspecified atom stereocenters. The van der Waals surface area contributed by atoms with Crippen LogP contribution in [0.15, 0.2) is 36.7 Å². The lowest BCUT2D eigenvalue weighted by molar-refractivity contribution is -0.168. The minimum Gasteiger partial charge on any atom is -0.326 e. The molecule has 1 amide bonds. The van der Waals surface area contributed by atoms with Gasteiger partial charge in [-0.25, -0.2) is 4.39 Å². The zero-order valence-corrected chi connectivity index (χ0v) is 15.8. The maximum atomic E-state index is 13.5. The van der Waals surface area contributed by atoms with Crippen molar-refractivity contribution in [2.75, 3.05) is 25.0 Å². The van der Waals surface area contributed by atoms with Crippen molar-refractivity contribution in [2.45, 2.75) is 19.5 Å². The molecule has 0 radical (unpaired) electrons. The van der Waals surface area contributed by atoms with E-state index in [2.05, 4.69) is 10.3 Å². The normalized spacial score (nSPS) is 24.1. The number of halogens is 4. The number of nitrogens with one attached hydrogen (secondary N) is 1. The van der Waals surface area contributed by atoms with Crippen molar-refractivity contribution >= 4 is 11.6 Å². The van der Waals surface area contributed by atoms with E-state index in [0.717, 1.165) is 23.7 Å². The summed E-state index contributed by atoms with van der Waals surface area (Å²) in [5, 5.41) is 2.89. The molecule has 4 rings (SSSR count). The summed E-state index contributed by atoms with van der Waals surface area (Å²) < 4.78 is 51.3. The van der Waals surface area contributed by atoms with E-state index in [-0.39, 0.29) is 23.7 Å². The van der Waals surface area contributed by atoms with Gasteiger partial charge >= 0.3 is 6.18 Å². The number of benzene rings is 1. The highest BCUT2D eigenvalue weighted by Crippen LogP contribution is 2.46. The Morgan fingerprint density at radius 2 is 1.93 bits per heavy atom. The van der Waals surface area contributed by atoms with Crippen LogP contribution in [-0.2, 0) is 4.79 Å². The topological polar surface area (TPSA) is 45.2 Å². The van der Waals surface area contributed by atoms with Gasteiger partial charge in [-0.15, -0.1) is 0 Å². The van der Waals surface area contributed by atoms with E-state index in [0.29, 0.717) is 24.3 Å². The molecule has 1 saturated heterocycles. The van der Waals surface area contributed by atoms with Crippen molar-refractivity contribution in [1.29, 1.82) is 0 Å². The summed E-state index contributed by atoms with van der Waals surface area (Å²) in [6.07, 6.45) is -0.739. The van der Waals surface area contributed by atoms with Crippen LogP contribution in [0.25, 0.3) is 11.1 Å². The van der Waals surface area contributed by atoms with Crippen molar-refractivity contribution in [3.8, 4) is 11.1 Å². The second-order valence-electron chi connectivity index (χ2n) is 8.00. The number of anilines is 1. The molecule has 29 heavy (non-hydrogen) atoms. The quantitative estimate of drug-likeness (QED) is 0.771. The number of pyridine rings is 1. The fraction of sp³-hybridized carbons (Fsp3) is 0.429. The van der Waals surface area contributed by atoms with Crippen LogP contribution in [0.2, 0.25) is 0 Å². The number of rotatable bonds is 4. The zero-order chi connectivity index (χ0) is 20.8. The monoisotopic (exact) mass is 407 g/mol. The van der Waals surface area contributed by atoms with Crippen molar-refractivity contribution in [3.05, 3.63) is 48.0 Å². The number of hydrogen-bond donors (Lipinski definition) is 1. The highest BCUT2D eigenvalue weighted by molar-refractivity contribution is 5.94. The van der Waals surface area contributed by atoms with Crippen LogP contribution >= 0.6 is 0 Å². The van der Waals surface area contributed by atoms with E-state index in [4.69, 9.17) is 0 Å². The number of piperidine rings is 2. The summed E-state index contributed by atoms with van der Waals surface area (Å²) in [6, 6.07) is 6.76. The van der Waals surface area contributed by atoms with E-state index in [1.54, 1.807) is 18.3 Å². The van der Waals surface area contributed by atoms with E-state index in [9.17, 15) is 22.4 Å². The van der Waals surface area contributed by atoms with Crippen LogP contribution in [0, 0.1) is 30.5 Å². The number of aryl methyl sites for hydroxylation is 1. The molecule has 2 aromatic rings. The highest BCUT2D eigenvalue weighted by atomic mass is 19.4. The molecular weight excluding hydrogens is 386 g/mol. The van der Waals surface area contributed by atoms with Crippen LogP contribution in [0.1, 0.15) is 12.0 Å². The van der Waals surface area contributed by atoms with E-state index in [1.807, 2.05) is 13.0 Å². The van der Waals surface area contributed by atoms with Crippen molar-refractivity contribution in [3.63, 3.8) is 0 Å². The molecule has 4 nitrogen and oxygen atoms in total. The Bertz CT molecular complexity index is 918. The number of amides is 1. The lowest BCUT2D eigenvalue weighted by Crippen LogP contribution is -2.59. The third kappa shape index (κ3) is 4.27. The number of carbonyl (C=O) groups is 1. The molecule has 1 aliphatic carbocycles. The Balaban J connectivity index is 1.44. The van der Waals surface area contributed by atoms with E-state index in [1.165, 1.54) is 11.0 Å². The maximum absolute atomic E-state index is 13.5. The predicted molar refractivity (Wildman–Crippen MR) is 101 cm³/mol. The van der Waals surface area contributed by atoms with Crippen LogP contribution in [0.3, 0.4) is 0 Å². The number of carbonyl (C=O) groups excluding carboxylic acids is 1. The number of hydrogen-bond acceptors (Lipinski definition) is 3. The molecule has 2 heterocycles. The van der Waals surface area contributed by atoms with Gasteiger partial charge in [0.05, 0.1) is 12.7 Å². The first kappa shape index (κ1) is 19.8. The minimum atomic E-state index is -4.22. The third-order valence-corrected chi connectivity index (χ3v) is 5.83. The highest BCUT2D eigenvalue weighted by Gasteiger charge is 2.51. The summed E-state index contributed by atoms with van der Waals surface area (Å²) in [5.41, 5.74) is 2.87. The average molecular weight is 407 g/mol. The molecule has 1 aromatic carbocycles. The molecule has 154 valence electrons. The van der Waals surface area contributed by atoms with Crippen molar-refractivity contribution < 1.29 is 22.4 Å². The van der Waals surface area contributed by atoms with E-state index >= 15 is 0 Å². The molecule has 2 fully saturated rings. The van der Waals surface area contributed by atoms with Crippen molar-refractivity contribution in [1.82, 2.24) is 9.88 Å². The van der Waals surface area contributed by atoms with Gasteiger partial charge < -0.3 is 5.32 Å². The maximum Gasteiger partial charge on any atom is 0.401 e. The number of fused-ring (bicyclic) bond motifs is 2. The van der Waals surface area contributed by atoms with Gasteiger partial charge in [-0.1, -0.05) is 6.07 Å². The SMILES string of the molecule is Cc1ccc(NC(=O)C2[C@@H]3C[C@H]2CN(CC(F)(F)F)C3)cc1-c1cncc(F)c1. The van der Waals surface area contributed by atoms with Crippen LogP contribution < -0.4 is 5.32 Å². The molecule has 2 bridgehead atoms. The second-order valence-corrected chi connectivity index (χ2v) is 8.00. The Labute approximate surface area is 165 Å². The molecular formula is C21H21F4N3O. The summed E-state index contributed by atoms with van der Waals surface area (Å²) in [4.78, 5) is 18.0. The molecule has 0 spiro atoms. The minimum absolute atomic E-state index is 0.0477. The summed E-state index contributed by atoms with van der Waals surface area (Å²) in [7, 11) is 0. The van der Waals surface area contributed by atoms with Gasteiger partial charge in [-0.05, 0) is 54.5 Å². The smallest absolute Gasteiger partial charge is 0.326 e. The summed E-state index contributed by atoms with van der Waals surface area (Å²) >= 11 is 0. The molecule has 1 saturated carbocycles. The Hall–Kier alpha value is -2.48. The van der Waals surface area contributed by atoms with E-state index < -0.39 is 18.5 Å². The number of aromatic nitrogens is 1. The predicted octanol–water partition coefficient (Wildman–Crippen LogP) is 4.26. The Morgan fingerprint density at radius 3 is 2.59 bits per heavy atom. The standard InChI is InChI=1S/C21H21F4N3O/c1-12-2-3-17(6-18(12)13-5-16(22)8-26-7-13)27-20(29)19-14-4-15(19)10-28(9-14)11-21(23,24)25/h2-3,5-8,14-15,19H,4,9-11H2,1H3,(H,27,29)/t14-,15+,19?. The molecule has 3 atom stereocenters. The first-order valence-electron chi connectivity index (χ1n) is 9.51. The fourth-order valence-corrected chi connectivity index (χ4v) is 4.59. The third-order valence-electron chi connectivity index (χ3n) is 5.83. The largest absolute Gasteiger partial charge is 0.401 e. The summed E-state index contributed by atoms with van der Waals surface area (Å²) in [6.45, 7) is 1.55. The van der Waals surface area contributed by atoms with Gasteiger partial charge in [0.25, 0.3) is 0 Å². The Kier molecular flexibility index (Phi) is 5.06. The molecule has 2 aliphatic rings. The zero-order valence-electron chi connectivity index (χ0n) is 15.8. The number of alkyl halides is 3. The van der Waals surface area contributed by atoms with Crippen LogP contribution in [0.4, 0.5) is 23.2 Å². The Morgan fingerprint density at radius 1 is 1.21 bits per heavy atom. The molecule has 1 aliphatic heterocycles. The average Bonchev–Trinajstić information content (AvgIpc) is 2.61. The van der Waals surface area contributed by atoms with Gasteiger partial charge in [-0.3, -0.25) is 14.7 Å². The number of nitrogens with zero attached hydrogens (tertiary/aromatic N) is 2. The second kappa shape index (κ2) is 7.40. The van der Waals surface area contributed by atoms with Crippen molar-refractivity contribution in [2.24, 2.45) is 17.8 Å². The number of likely N-dealkylation sites (tertiary alicyclic amines) is 1. The first-order valence-corrected chi connectivity index (χ1v) is 9.51. The lowest BCUT2D eigenvalue weighted by Gasteiger charge is -2.52. The van der Waals surface area contributed by atoms with Gasteiger partial charge in [0, 0.05) is 36.5 Å². The fourth-order valence-electron chi connectivity index (χ4n) is 4.59. The molecule has 1 N–H and O–H groups in total.